The number of nitrogens with one attached hydrogen (secondary N) is 1. The second kappa shape index (κ2) is 5.26. The molecule has 1 aliphatic heterocycles. The van der Waals surface area contributed by atoms with Crippen LogP contribution in [0.3, 0.4) is 0 Å². The number of benzene rings is 1. The number of rotatable bonds is 2. The Labute approximate surface area is 121 Å². The van der Waals surface area contributed by atoms with E-state index in [0.29, 0.717) is 11.3 Å². The maximum Gasteiger partial charge on any atom is 0.244 e. The van der Waals surface area contributed by atoms with E-state index in [0.717, 1.165) is 0 Å². The van der Waals surface area contributed by atoms with Gasteiger partial charge in [-0.15, -0.1) is 0 Å². The van der Waals surface area contributed by atoms with Crippen LogP contribution < -0.4 is 10.1 Å². The molecular formula is C15H13N3O3. The molecule has 106 valence electrons. The molecule has 2 amide bonds. The number of nitrogens with zero attached hydrogens (tertiary/aromatic N) is 2. The molecule has 2 rings (SSSR count). The Morgan fingerprint density at radius 1 is 1.14 bits per heavy atom. The van der Waals surface area contributed by atoms with Gasteiger partial charge < -0.3 is 4.74 Å². The molecule has 6 nitrogen and oxygen atoms in total. The van der Waals surface area contributed by atoms with E-state index in [2.05, 4.69) is 5.32 Å². The summed E-state index contributed by atoms with van der Waals surface area (Å²) in [6.07, 6.45) is 0. The number of nitriles is 2. The standard InChI is InChI=1S/C15H13N3O3/c1-15(9-5-3-4-6-12(9)21-2)10(7-16)13(19)18-14(20)11(15)8-17/h3-6,10-11H,1-2H3,(H,18,19,20). The average molecular weight is 283 g/mol. The van der Waals surface area contributed by atoms with Gasteiger partial charge in [-0.25, -0.2) is 0 Å². The van der Waals surface area contributed by atoms with Crippen molar-refractivity contribution in [3.05, 3.63) is 29.8 Å². The Morgan fingerprint density at radius 3 is 2.14 bits per heavy atom. The average Bonchev–Trinajstić information content (AvgIpc) is 2.47. The summed E-state index contributed by atoms with van der Waals surface area (Å²) >= 11 is 0. The van der Waals surface area contributed by atoms with Gasteiger partial charge in [-0.05, 0) is 6.07 Å². The van der Waals surface area contributed by atoms with Crippen LogP contribution in [0.15, 0.2) is 24.3 Å². The summed E-state index contributed by atoms with van der Waals surface area (Å²) in [6.45, 7) is 1.57. The van der Waals surface area contributed by atoms with Crippen molar-refractivity contribution in [3.8, 4) is 17.9 Å². The van der Waals surface area contributed by atoms with E-state index in [1.165, 1.54) is 7.11 Å². The van der Waals surface area contributed by atoms with Crippen LogP contribution in [0.2, 0.25) is 0 Å². The lowest BCUT2D eigenvalue weighted by molar-refractivity contribution is -0.140. The molecule has 6 heteroatoms. The van der Waals surface area contributed by atoms with E-state index < -0.39 is 29.1 Å². The Morgan fingerprint density at radius 2 is 1.67 bits per heavy atom. The topological polar surface area (TPSA) is 103 Å². The third-order valence-corrected chi connectivity index (χ3v) is 3.92. The largest absolute Gasteiger partial charge is 0.496 e. The molecule has 1 fully saturated rings. The van der Waals surface area contributed by atoms with Gasteiger partial charge in [0.25, 0.3) is 0 Å². The molecule has 1 aromatic rings. The zero-order chi connectivity index (χ0) is 15.6. The van der Waals surface area contributed by atoms with Crippen molar-refractivity contribution in [2.24, 2.45) is 11.8 Å². The molecule has 1 saturated heterocycles. The predicted molar refractivity (Wildman–Crippen MR) is 71.7 cm³/mol. The summed E-state index contributed by atoms with van der Waals surface area (Å²) < 4.78 is 5.26. The molecule has 0 aromatic heterocycles. The monoisotopic (exact) mass is 283 g/mol. The molecule has 1 N–H and O–H groups in total. The van der Waals surface area contributed by atoms with E-state index in [1.54, 1.807) is 31.2 Å². The third kappa shape index (κ3) is 2.02. The normalized spacial score (nSPS) is 28.2. The van der Waals surface area contributed by atoms with Gasteiger partial charge in [0.05, 0.1) is 19.2 Å². The Hall–Kier alpha value is -2.86. The molecule has 2 unspecified atom stereocenters. The first-order valence-corrected chi connectivity index (χ1v) is 6.28. The van der Waals surface area contributed by atoms with Crippen LogP contribution >= 0.6 is 0 Å². The molecule has 1 aromatic carbocycles. The predicted octanol–water partition coefficient (Wildman–Crippen LogP) is 0.889. The minimum absolute atomic E-state index is 0.433. The van der Waals surface area contributed by atoms with Gasteiger partial charge >= 0.3 is 0 Å². The maximum absolute atomic E-state index is 12.0. The number of amides is 2. The number of carbonyl (C=O) groups excluding carboxylic acids is 2. The van der Waals surface area contributed by atoms with E-state index in [4.69, 9.17) is 4.74 Å². The van der Waals surface area contributed by atoms with Crippen LogP contribution in [0.5, 0.6) is 5.75 Å². The fourth-order valence-electron chi connectivity index (χ4n) is 2.76. The number of para-hydroxylation sites is 1. The lowest BCUT2D eigenvalue weighted by Gasteiger charge is -2.40. The van der Waals surface area contributed by atoms with Crippen molar-refractivity contribution in [2.75, 3.05) is 7.11 Å². The minimum atomic E-state index is -1.27. The highest BCUT2D eigenvalue weighted by Crippen LogP contribution is 2.45. The quantitative estimate of drug-likeness (QED) is 0.812. The van der Waals surface area contributed by atoms with Crippen LogP contribution in [0, 0.1) is 34.5 Å². The van der Waals surface area contributed by atoms with Crippen LogP contribution in [0.4, 0.5) is 0 Å². The molecule has 0 radical (unpaired) electrons. The van der Waals surface area contributed by atoms with Crippen molar-refractivity contribution in [1.29, 1.82) is 10.5 Å². The van der Waals surface area contributed by atoms with E-state index in [9.17, 15) is 20.1 Å². The van der Waals surface area contributed by atoms with Crippen LogP contribution in [-0.2, 0) is 15.0 Å². The van der Waals surface area contributed by atoms with Gasteiger partial charge in [-0.3, -0.25) is 14.9 Å². The third-order valence-electron chi connectivity index (χ3n) is 3.92. The van der Waals surface area contributed by atoms with Crippen molar-refractivity contribution >= 4 is 11.8 Å². The minimum Gasteiger partial charge on any atom is -0.496 e. The molecule has 2 atom stereocenters. The molecule has 0 bridgehead atoms. The number of piperidine rings is 1. The molecule has 0 saturated carbocycles. The van der Waals surface area contributed by atoms with E-state index in [-0.39, 0.29) is 0 Å². The highest BCUT2D eigenvalue weighted by atomic mass is 16.5. The fraction of sp³-hybridized carbons (Fsp3) is 0.333. The van der Waals surface area contributed by atoms with Gasteiger partial charge in [-0.2, -0.15) is 10.5 Å². The lowest BCUT2D eigenvalue weighted by atomic mass is 9.61. The van der Waals surface area contributed by atoms with Gasteiger partial charge in [0, 0.05) is 11.0 Å². The number of methoxy groups -OCH3 is 1. The molecule has 1 heterocycles. The fourth-order valence-corrected chi connectivity index (χ4v) is 2.76. The first-order valence-electron chi connectivity index (χ1n) is 6.28. The van der Waals surface area contributed by atoms with E-state index in [1.807, 2.05) is 12.1 Å². The molecular weight excluding hydrogens is 270 g/mol. The Bertz CT molecular complexity index is 652. The molecule has 0 aliphatic carbocycles. The highest BCUT2D eigenvalue weighted by Gasteiger charge is 2.55. The second-order valence-electron chi connectivity index (χ2n) is 4.96. The lowest BCUT2D eigenvalue weighted by Crippen LogP contribution is -2.58. The van der Waals surface area contributed by atoms with Crippen LogP contribution in [0.25, 0.3) is 0 Å². The van der Waals surface area contributed by atoms with Gasteiger partial charge in [-0.1, -0.05) is 25.1 Å². The smallest absolute Gasteiger partial charge is 0.244 e. The number of hydrogen-bond donors (Lipinski definition) is 1. The van der Waals surface area contributed by atoms with Crippen molar-refractivity contribution in [3.63, 3.8) is 0 Å². The summed E-state index contributed by atoms with van der Waals surface area (Å²) in [4.78, 5) is 24.0. The van der Waals surface area contributed by atoms with Gasteiger partial charge in [0.2, 0.25) is 11.8 Å². The van der Waals surface area contributed by atoms with E-state index >= 15 is 0 Å². The summed E-state index contributed by atoms with van der Waals surface area (Å²) in [5, 5.41) is 20.8. The number of ether oxygens (including phenoxy) is 1. The van der Waals surface area contributed by atoms with Crippen molar-refractivity contribution in [1.82, 2.24) is 5.32 Å². The van der Waals surface area contributed by atoms with Crippen molar-refractivity contribution in [2.45, 2.75) is 12.3 Å². The zero-order valence-corrected chi connectivity index (χ0v) is 11.6. The summed E-state index contributed by atoms with van der Waals surface area (Å²) in [5.74, 6) is -3.26. The van der Waals surface area contributed by atoms with Crippen molar-refractivity contribution < 1.29 is 14.3 Å². The first kappa shape index (κ1) is 14.5. The number of imide groups is 1. The van der Waals surface area contributed by atoms with Crippen LogP contribution in [-0.4, -0.2) is 18.9 Å². The van der Waals surface area contributed by atoms with Gasteiger partial charge in [0.1, 0.15) is 17.6 Å². The summed E-state index contributed by atoms with van der Waals surface area (Å²) in [7, 11) is 1.45. The van der Waals surface area contributed by atoms with Gasteiger partial charge in [0.15, 0.2) is 0 Å². The second-order valence-corrected chi connectivity index (χ2v) is 4.96. The zero-order valence-electron chi connectivity index (χ0n) is 11.6. The highest BCUT2D eigenvalue weighted by molar-refractivity contribution is 6.04. The molecule has 21 heavy (non-hydrogen) atoms. The molecule has 1 aliphatic rings. The summed E-state index contributed by atoms with van der Waals surface area (Å²) in [6, 6.07) is 10.6. The SMILES string of the molecule is COc1ccccc1C1(C)C(C#N)C(=O)NC(=O)C1C#N. The summed E-state index contributed by atoms with van der Waals surface area (Å²) in [5.41, 5.74) is -0.774. The first-order chi connectivity index (χ1) is 10.00. The van der Waals surface area contributed by atoms with Crippen LogP contribution in [0.1, 0.15) is 12.5 Å². The molecule has 0 spiro atoms. The Balaban J connectivity index is 2.73. The number of hydrogen-bond acceptors (Lipinski definition) is 5. The number of carbonyl (C=O) groups is 2. The maximum atomic E-state index is 12.0. The Kier molecular flexibility index (Phi) is 3.64.